The highest BCUT2D eigenvalue weighted by Crippen LogP contribution is 2.43. The Kier molecular flexibility index (Phi) is 31.6. The van der Waals surface area contributed by atoms with Gasteiger partial charge in [0.05, 0.1) is 46.2 Å². The van der Waals surface area contributed by atoms with Crippen LogP contribution in [0.1, 0.15) is 168 Å². The minimum Gasteiger partial charge on any atom is -0.498 e. The Morgan fingerprint density at radius 1 is 0.810 bits per heavy atom. The molecular formula is C46H85NO10P+. The Balaban J connectivity index is 2.44. The van der Waals surface area contributed by atoms with E-state index >= 15 is 0 Å². The fourth-order valence-corrected chi connectivity index (χ4v) is 7.75. The first-order chi connectivity index (χ1) is 27.8. The molecule has 3 N–H and O–H groups in total. The summed E-state index contributed by atoms with van der Waals surface area (Å²) in [4.78, 5) is 35.6. The van der Waals surface area contributed by atoms with Gasteiger partial charge in [-0.2, -0.15) is 0 Å². The molecule has 0 heterocycles. The van der Waals surface area contributed by atoms with Crippen LogP contribution in [0.15, 0.2) is 36.6 Å². The number of likely N-dealkylation sites (N-methyl/N-ethyl adjacent to an activating group) is 1. The van der Waals surface area contributed by atoms with Crippen molar-refractivity contribution in [3.8, 4) is 0 Å². The molecule has 1 rings (SSSR count). The number of quaternary nitrogens is 1. The molecule has 0 amide bonds. The first kappa shape index (κ1) is 54.2. The smallest absolute Gasteiger partial charge is 0.472 e. The zero-order valence-electron chi connectivity index (χ0n) is 37.2. The summed E-state index contributed by atoms with van der Waals surface area (Å²) in [5, 5.41) is 20.8. The summed E-state index contributed by atoms with van der Waals surface area (Å²) in [5.74, 6) is -0.964. The van der Waals surface area contributed by atoms with E-state index in [1.165, 1.54) is 64.2 Å². The van der Waals surface area contributed by atoms with Gasteiger partial charge in [0.1, 0.15) is 25.5 Å². The molecule has 1 aliphatic rings. The third-order valence-electron chi connectivity index (χ3n) is 10.6. The number of aliphatic hydroxyl groups is 2. The number of ketones is 1. The van der Waals surface area contributed by atoms with E-state index in [4.69, 9.17) is 18.5 Å². The molecule has 1 saturated carbocycles. The Bertz CT molecular complexity index is 1190. The van der Waals surface area contributed by atoms with Gasteiger partial charge in [0.25, 0.3) is 0 Å². The number of esters is 1. The van der Waals surface area contributed by atoms with Gasteiger partial charge in [0.15, 0.2) is 6.10 Å². The lowest BCUT2D eigenvalue weighted by Crippen LogP contribution is -2.37. The first-order valence-corrected chi connectivity index (χ1v) is 24.4. The van der Waals surface area contributed by atoms with E-state index in [0.29, 0.717) is 30.3 Å². The second-order valence-corrected chi connectivity index (χ2v) is 18.7. The van der Waals surface area contributed by atoms with Crippen LogP contribution in [0.2, 0.25) is 0 Å². The molecule has 0 bridgehead atoms. The van der Waals surface area contributed by atoms with Crippen LogP contribution in [-0.2, 0) is 32.7 Å². The van der Waals surface area contributed by atoms with Gasteiger partial charge in [0, 0.05) is 18.8 Å². The number of unbranched alkanes of at least 4 members (excludes halogenated alkanes) is 16. The number of nitrogens with zero attached hydrogens (tertiary/aromatic N) is 1. The van der Waals surface area contributed by atoms with Crippen LogP contribution in [0, 0.1) is 11.8 Å². The lowest BCUT2D eigenvalue weighted by atomic mass is 9.88. The number of ether oxygens (including phenoxy) is 2. The van der Waals surface area contributed by atoms with Crippen LogP contribution in [0.25, 0.3) is 0 Å². The Labute approximate surface area is 353 Å². The molecule has 0 spiro atoms. The van der Waals surface area contributed by atoms with E-state index in [1.54, 1.807) is 18.4 Å². The molecule has 11 nitrogen and oxygen atoms in total. The fraction of sp³-hybridized carbons (Fsp3) is 0.826. The van der Waals surface area contributed by atoms with Crippen molar-refractivity contribution in [1.82, 2.24) is 0 Å². The lowest BCUT2D eigenvalue weighted by Gasteiger charge is -2.24. The highest BCUT2D eigenvalue weighted by atomic mass is 31.2. The maximum absolute atomic E-state index is 12.8. The summed E-state index contributed by atoms with van der Waals surface area (Å²) in [6.45, 7) is 4.53. The molecule has 0 aromatic heterocycles. The van der Waals surface area contributed by atoms with Crippen LogP contribution in [0.4, 0.5) is 0 Å². The maximum Gasteiger partial charge on any atom is 0.472 e. The zero-order valence-corrected chi connectivity index (χ0v) is 38.1. The largest absolute Gasteiger partial charge is 0.498 e. The van der Waals surface area contributed by atoms with Crippen molar-refractivity contribution in [2.45, 2.75) is 186 Å². The second kappa shape index (κ2) is 33.8. The minimum atomic E-state index is -4.36. The van der Waals surface area contributed by atoms with Crippen LogP contribution in [-0.4, -0.2) is 97.2 Å². The number of rotatable bonds is 38. The normalized spacial score (nSPS) is 19.7. The van der Waals surface area contributed by atoms with Gasteiger partial charge in [-0.25, -0.2) is 4.57 Å². The van der Waals surface area contributed by atoms with Gasteiger partial charge < -0.3 is 29.1 Å². The first-order valence-electron chi connectivity index (χ1n) is 22.9. The Morgan fingerprint density at radius 3 is 2.05 bits per heavy atom. The second-order valence-electron chi connectivity index (χ2n) is 17.3. The Morgan fingerprint density at radius 2 is 1.40 bits per heavy atom. The predicted octanol–water partition coefficient (Wildman–Crippen LogP) is 10.3. The summed E-state index contributed by atoms with van der Waals surface area (Å²) in [5.41, 5.74) is 0. The Hall–Kier alpha value is -1.85. The number of aliphatic hydroxyl groups excluding tert-OH is 2. The molecule has 1 aliphatic carbocycles. The monoisotopic (exact) mass is 843 g/mol. The van der Waals surface area contributed by atoms with E-state index in [2.05, 4.69) is 26.0 Å². The maximum atomic E-state index is 12.8. The average molecular weight is 843 g/mol. The number of carbonyl (C=O) groups is 2. The number of hydrogen-bond donors (Lipinski definition) is 3. The zero-order chi connectivity index (χ0) is 42.9. The molecule has 338 valence electrons. The molecule has 0 saturated heterocycles. The molecule has 1 unspecified atom stereocenters. The summed E-state index contributed by atoms with van der Waals surface area (Å²) in [6, 6.07) is 0. The van der Waals surface area contributed by atoms with Crippen molar-refractivity contribution < 1.29 is 52.3 Å². The average Bonchev–Trinajstić information content (AvgIpc) is 3.43. The quantitative estimate of drug-likeness (QED) is 0.0137. The third-order valence-corrected chi connectivity index (χ3v) is 11.6. The van der Waals surface area contributed by atoms with Gasteiger partial charge in [0.2, 0.25) is 0 Å². The van der Waals surface area contributed by atoms with Crippen LogP contribution in [0.5, 0.6) is 0 Å². The molecule has 1 fully saturated rings. The molecule has 6 atom stereocenters. The van der Waals surface area contributed by atoms with E-state index < -0.39 is 32.1 Å². The molecule has 0 aromatic carbocycles. The third kappa shape index (κ3) is 30.2. The number of allylic oxidation sites excluding steroid dienone is 4. The van der Waals surface area contributed by atoms with Gasteiger partial charge >= 0.3 is 13.8 Å². The molecule has 0 aliphatic heterocycles. The highest BCUT2D eigenvalue weighted by molar-refractivity contribution is 7.47. The summed E-state index contributed by atoms with van der Waals surface area (Å²) >= 11 is 0. The van der Waals surface area contributed by atoms with Crippen molar-refractivity contribution in [2.24, 2.45) is 11.8 Å². The van der Waals surface area contributed by atoms with Gasteiger partial charge in [-0.15, -0.1) is 0 Å². The van der Waals surface area contributed by atoms with E-state index in [1.807, 2.05) is 27.2 Å². The van der Waals surface area contributed by atoms with Crippen molar-refractivity contribution in [1.29, 1.82) is 0 Å². The molecule has 0 radical (unpaired) electrons. The van der Waals surface area contributed by atoms with Gasteiger partial charge in [-0.3, -0.25) is 18.6 Å². The van der Waals surface area contributed by atoms with Crippen molar-refractivity contribution in [3.05, 3.63) is 36.6 Å². The number of hydrogen-bond acceptors (Lipinski definition) is 9. The lowest BCUT2D eigenvalue weighted by molar-refractivity contribution is -0.870. The van der Waals surface area contributed by atoms with Crippen molar-refractivity contribution >= 4 is 19.6 Å². The van der Waals surface area contributed by atoms with Crippen molar-refractivity contribution in [3.63, 3.8) is 0 Å². The standard InChI is InChI=1S/C46H84NO10P/c1-6-8-10-11-12-13-14-15-16-17-18-19-20-21-24-28-35-54-38-41(39-56-58(52,53)55-36-34-47(3,4)5)57-46(51)31-27-23-22-26-30-42-43(45(50)37-44(42)49)33-32-40(48)29-25-9-7-2/h13-14,28,32-33,35,40-44,48-49H,6-12,15-27,29-31,34,36-39H2,1-5H3/p+1/b14-13-,33-32+,35-28+/t40-,41+,42+,43+,44-/m0/s1. The van der Waals surface area contributed by atoms with E-state index in [-0.39, 0.29) is 50.3 Å². The van der Waals surface area contributed by atoms with Crippen molar-refractivity contribution in [2.75, 3.05) is 47.5 Å². The van der Waals surface area contributed by atoms with Crippen LogP contribution < -0.4 is 0 Å². The number of phosphoric ester groups is 1. The van der Waals surface area contributed by atoms with Crippen LogP contribution >= 0.6 is 7.82 Å². The molecular weight excluding hydrogens is 757 g/mol. The summed E-state index contributed by atoms with van der Waals surface area (Å²) < 4.78 is 34.7. The van der Waals surface area contributed by atoms with Gasteiger partial charge in [-0.05, 0) is 69.8 Å². The molecule has 12 heteroatoms. The minimum absolute atomic E-state index is 0.0203. The topological polar surface area (TPSA) is 149 Å². The number of Topliss-reactive ketones (excluding diaryl/α,β-unsaturated/α-hetero) is 1. The van der Waals surface area contributed by atoms with E-state index in [0.717, 1.165) is 57.8 Å². The summed E-state index contributed by atoms with van der Waals surface area (Å²) in [6.07, 6.45) is 33.1. The predicted molar refractivity (Wildman–Crippen MR) is 234 cm³/mol. The van der Waals surface area contributed by atoms with Crippen LogP contribution in [0.3, 0.4) is 0 Å². The number of phosphoric acid groups is 1. The summed E-state index contributed by atoms with van der Waals surface area (Å²) in [7, 11) is 1.49. The molecule has 0 aromatic rings. The number of carbonyl (C=O) groups excluding carboxylic acids is 2. The van der Waals surface area contributed by atoms with E-state index in [9.17, 15) is 29.3 Å². The van der Waals surface area contributed by atoms with Gasteiger partial charge in [-0.1, -0.05) is 122 Å². The molecule has 58 heavy (non-hydrogen) atoms. The SMILES string of the molecule is CCCCCC/C=C\CCCCCCCC/C=C/OC[C@H](COP(=O)(O)OCC[N+](C)(C)C)OC(=O)CCCCCC[C@H]1[C@@H](O)CC(=O)[C@@H]1/C=C/[C@@H](O)CCCCC. The fourth-order valence-electron chi connectivity index (χ4n) is 7.00. The highest BCUT2D eigenvalue weighted by Gasteiger charge is 2.39.